The molecule has 0 radical (unpaired) electrons. The van der Waals surface area contributed by atoms with Crippen molar-refractivity contribution in [2.75, 3.05) is 0 Å². The first-order chi connectivity index (χ1) is 5.09. The van der Waals surface area contributed by atoms with Crippen LogP contribution < -0.4 is 11.4 Å². The molecular formula is C7H7NO3. The molecule has 0 unspecified atom stereocenters. The van der Waals surface area contributed by atoms with Crippen molar-refractivity contribution in [1.29, 1.82) is 0 Å². The third-order valence-corrected chi connectivity index (χ3v) is 1.16. The normalized spacial score (nSPS) is 9.55. The van der Waals surface area contributed by atoms with Gasteiger partial charge in [0.25, 0.3) is 5.91 Å². The monoisotopic (exact) mass is 153 g/mol. The largest absolute Gasteiger partial charge is 0.417 e. The van der Waals surface area contributed by atoms with E-state index < -0.39 is 11.5 Å². The molecule has 4 nitrogen and oxygen atoms in total. The van der Waals surface area contributed by atoms with Crippen molar-refractivity contribution in [3.8, 4) is 0 Å². The van der Waals surface area contributed by atoms with Crippen LogP contribution in [0.4, 0.5) is 0 Å². The first kappa shape index (κ1) is 7.53. The molecule has 1 aromatic heterocycles. The fourth-order valence-corrected chi connectivity index (χ4v) is 0.723. The summed E-state index contributed by atoms with van der Waals surface area (Å²) in [5, 5.41) is 0. The Morgan fingerprint density at radius 3 is 2.64 bits per heavy atom. The quantitative estimate of drug-likeness (QED) is 0.619. The van der Waals surface area contributed by atoms with Crippen LogP contribution in [0.2, 0.25) is 0 Å². The maximum absolute atomic E-state index is 10.6. The molecule has 0 spiro atoms. The minimum Gasteiger partial charge on any atom is -0.417 e. The number of primary amides is 1. The molecule has 0 aliphatic carbocycles. The zero-order chi connectivity index (χ0) is 8.43. The number of nitrogens with two attached hydrogens (primary N) is 1. The average molecular weight is 153 g/mol. The van der Waals surface area contributed by atoms with Crippen LogP contribution in [-0.4, -0.2) is 5.91 Å². The molecule has 1 aromatic rings. The summed E-state index contributed by atoms with van der Waals surface area (Å²) < 4.78 is 4.49. The van der Waals surface area contributed by atoms with Gasteiger partial charge in [0.05, 0.1) is 0 Å². The summed E-state index contributed by atoms with van der Waals surface area (Å²) in [5.74, 6) is -0.833. The summed E-state index contributed by atoms with van der Waals surface area (Å²) in [6, 6.07) is 2.70. The molecule has 0 fully saturated rings. The molecule has 0 atom stereocenters. The third kappa shape index (κ3) is 1.67. The lowest BCUT2D eigenvalue weighted by Gasteiger charge is -1.93. The second-order valence-electron chi connectivity index (χ2n) is 2.18. The minimum atomic E-state index is -0.731. The van der Waals surface area contributed by atoms with E-state index in [4.69, 9.17) is 5.73 Å². The van der Waals surface area contributed by atoms with Gasteiger partial charge in [-0.05, 0) is 18.6 Å². The van der Waals surface area contributed by atoms with Gasteiger partial charge in [0.15, 0.2) is 5.76 Å². The summed E-state index contributed by atoms with van der Waals surface area (Å²) in [5.41, 5.74) is 4.99. The van der Waals surface area contributed by atoms with E-state index in [1.165, 1.54) is 12.1 Å². The van der Waals surface area contributed by atoms with Gasteiger partial charge in [-0.3, -0.25) is 4.79 Å². The Balaban J connectivity index is 3.30. The van der Waals surface area contributed by atoms with E-state index in [9.17, 15) is 9.59 Å². The van der Waals surface area contributed by atoms with E-state index in [0.717, 1.165) is 0 Å². The molecule has 0 aromatic carbocycles. The standard InChI is InChI=1S/C7H7NO3/c1-4-2-5(7(8)10)11-6(9)3-4/h2-3H,1H3,(H2,8,10). The van der Waals surface area contributed by atoms with E-state index in [0.29, 0.717) is 5.56 Å². The van der Waals surface area contributed by atoms with E-state index >= 15 is 0 Å². The van der Waals surface area contributed by atoms with Gasteiger partial charge in [-0.1, -0.05) is 0 Å². The summed E-state index contributed by atoms with van der Waals surface area (Å²) in [6.07, 6.45) is 0. The number of carbonyl (C=O) groups is 1. The third-order valence-electron chi connectivity index (χ3n) is 1.16. The van der Waals surface area contributed by atoms with Crippen LogP contribution in [0, 0.1) is 6.92 Å². The maximum atomic E-state index is 10.6. The van der Waals surface area contributed by atoms with E-state index in [-0.39, 0.29) is 5.76 Å². The Morgan fingerprint density at radius 2 is 2.18 bits per heavy atom. The summed E-state index contributed by atoms with van der Waals surface area (Å²) >= 11 is 0. The van der Waals surface area contributed by atoms with Crippen LogP contribution in [0.3, 0.4) is 0 Å². The average Bonchev–Trinajstić information content (AvgIpc) is 1.85. The van der Waals surface area contributed by atoms with Crippen molar-refractivity contribution < 1.29 is 9.21 Å². The smallest absolute Gasteiger partial charge is 0.336 e. The Bertz CT molecular complexity index is 340. The van der Waals surface area contributed by atoms with Crippen LogP contribution in [0.25, 0.3) is 0 Å². The molecule has 1 heterocycles. The number of aryl methyl sites for hydroxylation is 1. The molecule has 1 rings (SSSR count). The van der Waals surface area contributed by atoms with Gasteiger partial charge in [-0.2, -0.15) is 0 Å². The second-order valence-corrected chi connectivity index (χ2v) is 2.18. The van der Waals surface area contributed by atoms with Crippen molar-refractivity contribution in [2.24, 2.45) is 5.73 Å². The molecule has 1 amide bonds. The van der Waals surface area contributed by atoms with Crippen LogP contribution >= 0.6 is 0 Å². The van der Waals surface area contributed by atoms with Crippen LogP contribution in [0.15, 0.2) is 21.3 Å². The van der Waals surface area contributed by atoms with E-state index in [1.807, 2.05) is 0 Å². The molecule has 0 aliphatic rings. The molecule has 11 heavy (non-hydrogen) atoms. The fraction of sp³-hybridized carbons (Fsp3) is 0.143. The number of rotatable bonds is 1. The molecule has 0 saturated heterocycles. The highest BCUT2D eigenvalue weighted by molar-refractivity contribution is 5.89. The van der Waals surface area contributed by atoms with Crippen molar-refractivity contribution in [3.05, 3.63) is 33.9 Å². The molecule has 0 bridgehead atoms. The van der Waals surface area contributed by atoms with Gasteiger partial charge >= 0.3 is 5.63 Å². The van der Waals surface area contributed by atoms with E-state index in [2.05, 4.69) is 4.42 Å². The number of hydrogen-bond donors (Lipinski definition) is 1. The van der Waals surface area contributed by atoms with Gasteiger partial charge in [-0.25, -0.2) is 4.79 Å². The Morgan fingerprint density at radius 1 is 1.55 bits per heavy atom. The van der Waals surface area contributed by atoms with Crippen LogP contribution in [-0.2, 0) is 0 Å². The number of carbonyl (C=O) groups excluding carboxylic acids is 1. The molecule has 0 aliphatic heterocycles. The molecule has 4 heteroatoms. The summed E-state index contributed by atoms with van der Waals surface area (Å²) in [4.78, 5) is 21.1. The van der Waals surface area contributed by atoms with E-state index in [1.54, 1.807) is 6.92 Å². The van der Waals surface area contributed by atoms with Crippen molar-refractivity contribution >= 4 is 5.91 Å². The fourth-order valence-electron chi connectivity index (χ4n) is 0.723. The Labute approximate surface area is 62.6 Å². The summed E-state index contributed by atoms with van der Waals surface area (Å²) in [7, 11) is 0. The Kier molecular flexibility index (Phi) is 1.76. The lowest BCUT2D eigenvalue weighted by Crippen LogP contribution is -2.14. The van der Waals surface area contributed by atoms with Crippen LogP contribution in [0.5, 0.6) is 0 Å². The molecule has 58 valence electrons. The highest BCUT2D eigenvalue weighted by Gasteiger charge is 2.03. The SMILES string of the molecule is Cc1cc(C(N)=O)oc(=O)c1. The second kappa shape index (κ2) is 2.57. The predicted octanol–water partition coefficient (Wildman–Crippen LogP) is 0.0471. The van der Waals surface area contributed by atoms with Crippen molar-refractivity contribution in [1.82, 2.24) is 0 Å². The zero-order valence-corrected chi connectivity index (χ0v) is 5.96. The highest BCUT2D eigenvalue weighted by Crippen LogP contribution is 1.97. The molecule has 0 saturated carbocycles. The number of amides is 1. The lowest BCUT2D eigenvalue weighted by atomic mass is 10.3. The topological polar surface area (TPSA) is 73.3 Å². The molecule has 2 N–H and O–H groups in total. The number of hydrogen-bond acceptors (Lipinski definition) is 3. The van der Waals surface area contributed by atoms with Gasteiger partial charge in [0, 0.05) is 6.07 Å². The van der Waals surface area contributed by atoms with Gasteiger partial charge in [-0.15, -0.1) is 0 Å². The van der Waals surface area contributed by atoms with Crippen molar-refractivity contribution in [3.63, 3.8) is 0 Å². The summed E-state index contributed by atoms with van der Waals surface area (Å²) in [6.45, 7) is 1.68. The van der Waals surface area contributed by atoms with Gasteiger partial charge < -0.3 is 10.2 Å². The zero-order valence-electron chi connectivity index (χ0n) is 5.96. The maximum Gasteiger partial charge on any atom is 0.336 e. The van der Waals surface area contributed by atoms with Gasteiger partial charge in [0.2, 0.25) is 0 Å². The van der Waals surface area contributed by atoms with Crippen LogP contribution in [0.1, 0.15) is 16.1 Å². The molecular weight excluding hydrogens is 146 g/mol. The highest BCUT2D eigenvalue weighted by atomic mass is 16.4. The van der Waals surface area contributed by atoms with Gasteiger partial charge in [0.1, 0.15) is 0 Å². The first-order valence-corrected chi connectivity index (χ1v) is 3.01. The Hall–Kier alpha value is -1.58. The lowest BCUT2D eigenvalue weighted by molar-refractivity contribution is 0.0969. The van der Waals surface area contributed by atoms with Crippen molar-refractivity contribution in [2.45, 2.75) is 6.92 Å². The predicted molar refractivity (Wildman–Crippen MR) is 38.2 cm³/mol. The minimum absolute atomic E-state index is 0.102. The first-order valence-electron chi connectivity index (χ1n) is 3.01.